The van der Waals surface area contributed by atoms with Crippen molar-refractivity contribution < 1.29 is 4.79 Å². The molecule has 0 saturated carbocycles. The minimum Gasteiger partial charge on any atom is -0.398 e. The third kappa shape index (κ3) is 1.48. The standard InChI is InChI=1S/C6H7N2OS/c7-4-1-2-10-5(4)3-6(8)9/h1-2,8H,3,7H2. The van der Waals surface area contributed by atoms with Crippen LogP contribution in [-0.4, -0.2) is 5.91 Å². The van der Waals surface area contributed by atoms with Crippen molar-refractivity contribution in [2.45, 2.75) is 6.42 Å². The van der Waals surface area contributed by atoms with Gasteiger partial charge >= 0.3 is 0 Å². The second-order valence-corrected chi connectivity index (χ2v) is 2.90. The molecule has 0 aliphatic heterocycles. The molecule has 1 aromatic rings. The Bertz CT molecular complexity index is 244. The van der Waals surface area contributed by atoms with Crippen molar-refractivity contribution in [3.8, 4) is 0 Å². The summed E-state index contributed by atoms with van der Waals surface area (Å²) in [5.74, 6) is -0.589. The lowest BCUT2D eigenvalue weighted by Gasteiger charge is -1.91. The maximum absolute atomic E-state index is 10.3. The lowest BCUT2D eigenvalue weighted by atomic mass is 10.3. The first-order valence-corrected chi connectivity index (χ1v) is 3.64. The maximum atomic E-state index is 10.3. The summed E-state index contributed by atoms with van der Waals surface area (Å²) in [4.78, 5) is 11.1. The Balaban J connectivity index is 2.74. The van der Waals surface area contributed by atoms with Gasteiger partial charge in [0, 0.05) is 10.6 Å². The Hall–Kier alpha value is -1.03. The van der Waals surface area contributed by atoms with Crippen LogP contribution >= 0.6 is 11.3 Å². The fraction of sp³-hybridized carbons (Fsp3) is 0.167. The van der Waals surface area contributed by atoms with Crippen LogP contribution in [0.3, 0.4) is 0 Å². The number of carbonyl (C=O) groups is 1. The van der Waals surface area contributed by atoms with Crippen LogP contribution in [0.25, 0.3) is 0 Å². The Morgan fingerprint density at radius 1 is 1.80 bits per heavy atom. The van der Waals surface area contributed by atoms with Crippen LogP contribution in [0.2, 0.25) is 0 Å². The Morgan fingerprint density at radius 3 is 2.90 bits per heavy atom. The summed E-state index contributed by atoms with van der Waals surface area (Å²) in [6, 6.07) is 1.74. The van der Waals surface area contributed by atoms with Gasteiger partial charge in [-0.05, 0) is 11.4 Å². The molecule has 0 aliphatic rings. The molecular weight excluding hydrogens is 148 g/mol. The van der Waals surface area contributed by atoms with Gasteiger partial charge in [0.05, 0.1) is 6.42 Å². The topological polar surface area (TPSA) is 66.9 Å². The molecule has 1 radical (unpaired) electrons. The number of carbonyl (C=O) groups excluding carboxylic acids is 1. The summed E-state index contributed by atoms with van der Waals surface area (Å²) >= 11 is 1.41. The largest absolute Gasteiger partial charge is 0.398 e. The fourth-order valence-electron chi connectivity index (χ4n) is 0.640. The first-order chi connectivity index (χ1) is 4.70. The van der Waals surface area contributed by atoms with Gasteiger partial charge in [-0.15, -0.1) is 11.3 Å². The Morgan fingerprint density at radius 2 is 2.50 bits per heavy atom. The number of anilines is 1. The third-order valence-electron chi connectivity index (χ3n) is 1.10. The number of nitrogens with two attached hydrogens (primary N) is 1. The molecule has 1 aromatic heterocycles. The number of amides is 1. The van der Waals surface area contributed by atoms with Gasteiger partial charge in [-0.2, -0.15) is 0 Å². The second-order valence-electron chi connectivity index (χ2n) is 1.90. The molecule has 53 valence electrons. The van der Waals surface area contributed by atoms with E-state index in [9.17, 15) is 4.79 Å². The molecule has 3 nitrogen and oxygen atoms in total. The molecule has 1 amide bonds. The van der Waals surface area contributed by atoms with E-state index < -0.39 is 5.91 Å². The van der Waals surface area contributed by atoms with Gasteiger partial charge in [0.25, 0.3) is 0 Å². The van der Waals surface area contributed by atoms with Crippen molar-refractivity contribution in [3.63, 3.8) is 0 Å². The molecular formula is C6H7N2OS. The lowest BCUT2D eigenvalue weighted by molar-refractivity contribution is -0.117. The average molecular weight is 155 g/mol. The Kier molecular flexibility index (Phi) is 1.91. The summed E-state index contributed by atoms with van der Waals surface area (Å²) in [6.07, 6.45) is 0.142. The first kappa shape index (κ1) is 7.08. The number of rotatable bonds is 2. The van der Waals surface area contributed by atoms with E-state index in [2.05, 4.69) is 0 Å². The molecule has 4 heteroatoms. The lowest BCUT2D eigenvalue weighted by Crippen LogP contribution is -2.02. The van der Waals surface area contributed by atoms with Crippen molar-refractivity contribution in [2.75, 3.05) is 5.73 Å². The van der Waals surface area contributed by atoms with Crippen molar-refractivity contribution in [1.29, 1.82) is 0 Å². The third-order valence-corrected chi connectivity index (χ3v) is 2.04. The van der Waals surface area contributed by atoms with Crippen LogP contribution in [0, 0.1) is 0 Å². The Labute approximate surface area is 62.6 Å². The second kappa shape index (κ2) is 2.70. The van der Waals surface area contributed by atoms with E-state index in [4.69, 9.17) is 11.5 Å². The molecule has 1 rings (SSSR count). The van der Waals surface area contributed by atoms with Crippen molar-refractivity contribution >= 4 is 22.9 Å². The number of nitrogen functional groups attached to an aromatic ring is 1. The SMILES string of the molecule is [NH]C(=O)Cc1sccc1N. The first-order valence-electron chi connectivity index (χ1n) is 2.76. The van der Waals surface area contributed by atoms with Crippen LogP contribution in [-0.2, 0) is 11.2 Å². The van der Waals surface area contributed by atoms with Gasteiger partial charge in [0.15, 0.2) is 0 Å². The van der Waals surface area contributed by atoms with E-state index in [1.165, 1.54) is 11.3 Å². The average Bonchev–Trinajstić information content (AvgIpc) is 2.15. The van der Waals surface area contributed by atoms with Crippen molar-refractivity contribution in [2.24, 2.45) is 0 Å². The van der Waals surface area contributed by atoms with Gasteiger partial charge in [-0.25, -0.2) is 0 Å². The molecule has 0 saturated heterocycles. The molecule has 0 aliphatic carbocycles. The van der Waals surface area contributed by atoms with Crippen LogP contribution in [0.1, 0.15) is 4.88 Å². The zero-order valence-electron chi connectivity index (χ0n) is 5.26. The molecule has 0 bridgehead atoms. The van der Waals surface area contributed by atoms with Gasteiger partial charge in [0.1, 0.15) is 0 Å². The van der Waals surface area contributed by atoms with Crippen molar-refractivity contribution in [3.05, 3.63) is 16.3 Å². The highest BCUT2D eigenvalue weighted by Crippen LogP contribution is 2.18. The minimum absolute atomic E-state index is 0.142. The zero-order chi connectivity index (χ0) is 7.56. The van der Waals surface area contributed by atoms with Gasteiger partial charge in [-0.3, -0.25) is 10.5 Å². The van der Waals surface area contributed by atoms with E-state index in [0.717, 1.165) is 4.88 Å². The summed E-state index contributed by atoms with van der Waals surface area (Å²) < 4.78 is 0. The minimum atomic E-state index is -0.589. The molecule has 0 aromatic carbocycles. The highest BCUT2D eigenvalue weighted by molar-refractivity contribution is 7.10. The van der Waals surface area contributed by atoms with Gasteiger partial charge < -0.3 is 5.73 Å². The monoisotopic (exact) mass is 155 g/mol. The molecule has 3 N–H and O–H groups in total. The quantitative estimate of drug-likeness (QED) is 0.682. The van der Waals surface area contributed by atoms with E-state index >= 15 is 0 Å². The maximum Gasteiger partial charge on any atom is 0.243 e. The van der Waals surface area contributed by atoms with E-state index in [1.54, 1.807) is 6.07 Å². The molecule has 0 unspecified atom stereocenters. The highest BCUT2D eigenvalue weighted by Gasteiger charge is 2.03. The van der Waals surface area contributed by atoms with Crippen LogP contribution in [0.4, 0.5) is 5.69 Å². The predicted molar refractivity (Wildman–Crippen MR) is 40.5 cm³/mol. The fourth-order valence-corrected chi connectivity index (χ4v) is 1.44. The van der Waals surface area contributed by atoms with Gasteiger partial charge in [-0.1, -0.05) is 0 Å². The molecule has 0 atom stereocenters. The number of hydrogen-bond acceptors (Lipinski definition) is 3. The molecule has 0 spiro atoms. The molecule has 10 heavy (non-hydrogen) atoms. The summed E-state index contributed by atoms with van der Waals surface area (Å²) in [6.45, 7) is 0. The summed E-state index contributed by atoms with van der Waals surface area (Å²) in [7, 11) is 0. The molecule has 0 fully saturated rings. The van der Waals surface area contributed by atoms with Gasteiger partial charge in [0.2, 0.25) is 5.91 Å². The van der Waals surface area contributed by atoms with Crippen LogP contribution < -0.4 is 11.5 Å². The zero-order valence-corrected chi connectivity index (χ0v) is 6.07. The normalized spacial score (nSPS) is 9.60. The van der Waals surface area contributed by atoms with E-state index in [1.807, 2.05) is 5.38 Å². The van der Waals surface area contributed by atoms with Crippen LogP contribution in [0.5, 0.6) is 0 Å². The predicted octanol–water partition coefficient (Wildman–Crippen LogP) is 0.682. The summed E-state index contributed by atoms with van der Waals surface area (Å²) in [5.41, 5.74) is 12.7. The smallest absolute Gasteiger partial charge is 0.243 e. The number of thiophene rings is 1. The number of nitrogens with one attached hydrogen (secondary N) is 1. The highest BCUT2D eigenvalue weighted by atomic mass is 32.1. The molecule has 1 heterocycles. The van der Waals surface area contributed by atoms with E-state index in [0.29, 0.717) is 5.69 Å². The van der Waals surface area contributed by atoms with Crippen molar-refractivity contribution in [1.82, 2.24) is 5.73 Å². The van der Waals surface area contributed by atoms with Crippen LogP contribution in [0.15, 0.2) is 11.4 Å². The number of hydrogen-bond donors (Lipinski definition) is 1. The summed E-state index contributed by atoms with van der Waals surface area (Å²) in [5, 5.41) is 1.81. The van der Waals surface area contributed by atoms with E-state index in [-0.39, 0.29) is 6.42 Å².